The summed E-state index contributed by atoms with van der Waals surface area (Å²) in [5.74, 6) is -0.910. The number of carboxylic acids is 1. The Kier molecular flexibility index (Phi) is 5.15. The Labute approximate surface area is 103 Å². The maximum atomic E-state index is 12.6. The van der Waals surface area contributed by atoms with Gasteiger partial charge in [-0.3, -0.25) is 4.79 Å². The first-order valence-electron chi connectivity index (χ1n) is 5.49. The highest BCUT2D eigenvalue weighted by Gasteiger charge is 2.32. The highest BCUT2D eigenvalue weighted by atomic mass is 19.4. The molecule has 0 spiro atoms. The third-order valence-electron chi connectivity index (χ3n) is 2.38. The van der Waals surface area contributed by atoms with Crippen molar-refractivity contribution in [2.24, 2.45) is 0 Å². The fourth-order valence-corrected chi connectivity index (χ4v) is 1.54. The highest BCUT2D eigenvalue weighted by molar-refractivity contribution is 5.66. The van der Waals surface area contributed by atoms with Crippen molar-refractivity contribution in [3.05, 3.63) is 35.4 Å². The summed E-state index contributed by atoms with van der Waals surface area (Å²) < 4.78 is 37.9. The molecule has 1 aromatic rings. The Morgan fingerprint density at radius 2 is 1.94 bits per heavy atom. The van der Waals surface area contributed by atoms with Crippen molar-refractivity contribution in [3.63, 3.8) is 0 Å². The van der Waals surface area contributed by atoms with Crippen molar-refractivity contribution in [2.45, 2.75) is 25.6 Å². The van der Waals surface area contributed by atoms with Crippen molar-refractivity contribution in [1.82, 2.24) is 5.32 Å². The smallest absolute Gasteiger partial charge is 0.416 e. The lowest BCUT2D eigenvalue weighted by molar-refractivity contribution is -0.138. The fourth-order valence-electron chi connectivity index (χ4n) is 1.54. The van der Waals surface area contributed by atoms with Gasteiger partial charge in [-0.1, -0.05) is 18.2 Å². The molecule has 0 heterocycles. The molecule has 18 heavy (non-hydrogen) atoms. The maximum absolute atomic E-state index is 12.6. The molecule has 3 nitrogen and oxygen atoms in total. The third kappa shape index (κ3) is 4.75. The lowest BCUT2D eigenvalue weighted by Crippen LogP contribution is -2.19. The van der Waals surface area contributed by atoms with Crippen LogP contribution in [0.15, 0.2) is 24.3 Å². The molecule has 1 rings (SSSR count). The number of carbonyl (C=O) groups is 1. The summed E-state index contributed by atoms with van der Waals surface area (Å²) in [5, 5.41) is 11.2. The van der Waals surface area contributed by atoms with Gasteiger partial charge in [-0.2, -0.15) is 13.2 Å². The summed E-state index contributed by atoms with van der Waals surface area (Å²) >= 11 is 0. The average Bonchev–Trinajstić information content (AvgIpc) is 2.27. The number of halogens is 3. The summed E-state index contributed by atoms with van der Waals surface area (Å²) in [6.45, 7) is 0.452. The van der Waals surface area contributed by atoms with E-state index < -0.39 is 17.7 Å². The number of carboxylic acid groups (broad SMARTS) is 1. The molecule has 6 heteroatoms. The molecule has 2 N–H and O–H groups in total. The number of nitrogens with one attached hydrogen (secondary N) is 1. The van der Waals surface area contributed by atoms with E-state index in [0.717, 1.165) is 6.07 Å². The van der Waals surface area contributed by atoms with Gasteiger partial charge in [-0.15, -0.1) is 0 Å². The van der Waals surface area contributed by atoms with Gasteiger partial charge in [-0.05, 0) is 24.6 Å². The zero-order valence-electron chi connectivity index (χ0n) is 9.63. The number of alkyl halides is 3. The Balaban J connectivity index is 2.50. The van der Waals surface area contributed by atoms with Gasteiger partial charge in [0.15, 0.2) is 0 Å². The minimum absolute atomic E-state index is 0.00785. The Morgan fingerprint density at radius 3 is 2.56 bits per heavy atom. The molecule has 100 valence electrons. The quantitative estimate of drug-likeness (QED) is 0.774. The fraction of sp³-hybridized carbons (Fsp3) is 0.417. The molecular formula is C12H14F3NO2. The van der Waals surface area contributed by atoms with Gasteiger partial charge in [0.1, 0.15) is 0 Å². The summed E-state index contributed by atoms with van der Waals surface area (Å²) in [7, 11) is 0. The van der Waals surface area contributed by atoms with Crippen LogP contribution < -0.4 is 5.32 Å². The molecule has 0 atom stereocenters. The van der Waals surface area contributed by atoms with Crippen molar-refractivity contribution >= 4 is 5.97 Å². The van der Waals surface area contributed by atoms with E-state index in [-0.39, 0.29) is 18.5 Å². The number of benzene rings is 1. The molecule has 0 saturated heterocycles. The van der Waals surface area contributed by atoms with Crippen LogP contribution in [0.25, 0.3) is 0 Å². The first-order chi connectivity index (χ1) is 8.41. The minimum Gasteiger partial charge on any atom is -0.481 e. The predicted octanol–water partition coefficient (Wildman–Crippen LogP) is 2.66. The van der Waals surface area contributed by atoms with Gasteiger partial charge >= 0.3 is 12.1 Å². The van der Waals surface area contributed by atoms with Crippen LogP contribution >= 0.6 is 0 Å². The van der Waals surface area contributed by atoms with E-state index in [9.17, 15) is 18.0 Å². The van der Waals surface area contributed by atoms with E-state index >= 15 is 0 Å². The van der Waals surface area contributed by atoms with E-state index in [4.69, 9.17) is 5.11 Å². The van der Waals surface area contributed by atoms with Crippen LogP contribution in [0.5, 0.6) is 0 Å². The zero-order chi connectivity index (χ0) is 13.6. The van der Waals surface area contributed by atoms with Crippen LogP contribution in [0, 0.1) is 0 Å². The molecule has 0 aliphatic heterocycles. The van der Waals surface area contributed by atoms with Gasteiger partial charge in [0, 0.05) is 13.0 Å². The van der Waals surface area contributed by atoms with Crippen LogP contribution in [0.3, 0.4) is 0 Å². The Bertz CT molecular complexity index is 405. The van der Waals surface area contributed by atoms with Crippen molar-refractivity contribution < 1.29 is 23.1 Å². The number of hydrogen-bond donors (Lipinski definition) is 2. The second kappa shape index (κ2) is 6.39. The largest absolute Gasteiger partial charge is 0.481 e. The second-order valence-electron chi connectivity index (χ2n) is 3.83. The molecular weight excluding hydrogens is 247 g/mol. The summed E-state index contributed by atoms with van der Waals surface area (Å²) in [6, 6.07) is 5.33. The van der Waals surface area contributed by atoms with Gasteiger partial charge < -0.3 is 10.4 Å². The van der Waals surface area contributed by atoms with Crippen LogP contribution in [-0.2, 0) is 17.5 Å². The molecule has 0 amide bonds. The molecule has 0 aliphatic rings. The van der Waals surface area contributed by atoms with E-state index in [1.807, 2.05) is 0 Å². The van der Waals surface area contributed by atoms with Crippen molar-refractivity contribution in [2.75, 3.05) is 6.54 Å². The first-order valence-corrected chi connectivity index (χ1v) is 5.49. The van der Waals surface area contributed by atoms with E-state index in [1.54, 1.807) is 6.07 Å². The number of hydrogen-bond acceptors (Lipinski definition) is 2. The van der Waals surface area contributed by atoms with Gasteiger partial charge in [0.05, 0.1) is 5.56 Å². The van der Waals surface area contributed by atoms with Crippen molar-refractivity contribution in [1.29, 1.82) is 0 Å². The van der Waals surface area contributed by atoms with Crippen LogP contribution in [0.1, 0.15) is 24.0 Å². The maximum Gasteiger partial charge on any atom is 0.416 e. The SMILES string of the molecule is O=C(O)CCCNCc1ccccc1C(F)(F)F. The Morgan fingerprint density at radius 1 is 1.28 bits per heavy atom. The van der Waals surface area contributed by atoms with E-state index in [2.05, 4.69) is 5.32 Å². The molecule has 0 unspecified atom stereocenters. The van der Waals surface area contributed by atoms with Gasteiger partial charge in [-0.25, -0.2) is 0 Å². The first kappa shape index (κ1) is 14.5. The van der Waals surface area contributed by atoms with Crippen molar-refractivity contribution in [3.8, 4) is 0 Å². The molecule has 0 fully saturated rings. The standard InChI is InChI=1S/C12H14F3NO2/c13-12(14,15)10-5-2-1-4-9(10)8-16-7-3-6-11(17)18/h1-2,4-5,16H,3,6-8H2,(H,17,18). The van der Waals surface area contributed by atoms with Gasteiger partial charge in [0.25, 0.3) is 0 Å². The monoisotopic (exact) mass is 261 g/mol. The molecule has 0 aliphatic carbocycles. The number of aliphatic carboxylic acids is 1. The summed E-state index contributed by atoms with van der Waals surface area (Å²) in [5.41, 5.74) is -0.490. The molecule has 0 aromatic heterocycles. The van der Waals surface area contributed by atoms with Crippen LogP contribution in [-0.4, -0.2) is 17.6 Å². The molecule has 1 aromatic carbocycles. The zero-order valence-corrected chi connectivity index (χ0v) is 9.63. The van der Waals surface area contributed by atoms with Crippen LogP contribution in [0.4, 0.5) is 13.2 Å². The minimum atomic E-state index is -4.36. The third-order valence-corrected chi connectivity index (χ3v) is 2.38. The average molecular weight is 261 g/mol. The Hall–Kier alpha value is -1.56. The summed E-state index contributed by atoms with van der Waals surface area (Å²) in [4.78, 5) is 10.2. The van der Waals surface area contributed by atoms with E-state index in [0.29, 0.717) is 13.0 Å². The lowest BCUT2D eigenvalue weighted by Gasteiger charge is -2.12. The van der Waals surface area contributed by atoms with E-state index in [1.165, 1.54) is 12.1 Å². The number of rotatable bonds is 6. The summed E-state index contributed by atoms with van der Waals surface area (Å²) in [6.07, 6.45) is -3.96. The highest BCUT2D eigenvalue weighted by Crippen LogP contribution is 2.31. The predicted molar refractivity (Wildman–Crippen MR) is 60.0 cm³/mol. The second-order valence-corrected chi connectivity index (χ2v) is 3.83. The molecule has 0 saturated carbocycles. The van der Waals surface area contributed by atoms with Gasteiger partial charge in [0.2, 0.25) is 0 Å². The lowest BCUT2D eigenvalue weighted by atomic mass is 10.1. The molecule has 0 radical (unpaired) electrons. The normalized spacial score (nSPS) is 11.5. The molecule has 0 bridgehead atoms. The van der Waals surface area contributed by atoms with Crippen LogP contribution in [0.2, 0.25) is 0 Å². The topological polar surface area (TPSA) is 49.3 Å².